The highest BCUT2D eigenvalue weighted by molar-refractivity contribution is 7.99. The molecule has 0 amide bonds. The average Bonchev–Trinajstić information content (AvgIpc) is 2.87. The molecule has 0 saturated carbocycles. The van der Waals surface area contributed by atoms with Gasteiger partial charge in [0.2, 0.25) is 0 Å². The first-order valence-corrected chi connectivity index (χ1v) is 6.60. The summed E-state index contributed by atoms with van der Waals surface area (Å²) >= 11 is 1.58. The monoisotopic (exact) mass is 269 g/mol. The second-order valence-electron chi connectivity index (χ2n) is 3.98. The number of ether oxygens (including phenoxy) is 2. The van der Waals surface area contributed by atoms with Crippen molar-refractivity contribution in [1.29, 1.82) is 0 Å². The highest BCUT2D eigenvalue weighted by Crippen LogP contribution is 2.35. The average molecular weight is 269 g/mol. The summed E-state index contributed by atoms with van der Waals surface area (Å²) < 4.78 is 10.5. The lowest BCUT2D eigenvalue weighted by molar-refractivity contribution is -0.690. The molecule has 6 heteroatoms. The molecule has 0 unspecified atom stereocenters. The van der Waals surface area contributed by atoms with Gasteiger partial charge in [-0.05, 0) is 12.1 Å². The van der Waals surface area contributed by atoms with Gasteiger partial charge in [0, 0.05) is 6.07 Å². The molecule has 1 heterocycles. The maximum absolute atomic E-state index is 10.8. The van der Waals surface area contributed by atoms with Gasteiger partial charge in [-0.1, -0.05) is 11.8 Å². The molecule has 0 bridgehead atoms. The summed E-state index contributed by atoms with van der Waals surface area (Å²) in [5, 5.41) is 12.6. The van der Waals surface area contributed by atoms with E-state index in [2.05, 4.69) is 0 Å². The zero-order valence-corrected chi connectivity index (χ0v) is 11.0. The van der Waals surface area contributed by atoms with Crippen LogP contribution < -0.4 is 19.9 Å². The smallest absolute Gasteiger partial charge is 0.163 e. The van der Waals surface area contributed by atoms with Crippen molar-refractivity contribution in [2.75, 3.05) is 20.0 Å². The zero-order chi connectivity index (χ0) is 13.1. The number of carbonyl (C=O) groups excluding carboxylic acids is 1. The molecule has 2 N–H and O–H groups in total. The number of benzene rings is 1. The topological polar surface area (TPSA) is 75.2 Å². The van der Waals surface area contributed by atoms with E-state index in [-0.39, 0.29) is 5.37 Å². The van der Waals surface area contributed by atoms with Crippen molar-refractivity contribution < 1.29 is 24.7 Å². The summed E-state index contributed by atoms with van der Waals surface area (Å²) in [6.07, 6.45) is 0. The van der Waals surface area contributed by atoms with Crippen LogP contribution in [0.25, 0.3) is 0 Å². The molecule has 2 atom stereocenters. The van der Waals surface area contributed by atoms with Gasteiger partial charge in [-0.2, -0.15) is 0 Å². The Morgan fingerprint density at radius 3 is 2.78 bits per heavy atom. The van der Waals surface area contributed by atoms with Gasteiger partial charge in [-0.15, -0.1) is 0 Å². The lowest BCUT2D eigenvalue weighted by Gasteiger charge is -2.14. The van der Waals surface area contributed by atoms with E-state index in [0.717, 1.165) is 11.3 Å². The molecule has 1 aromatic carbocycles. The maximum atomic E-state index is 10.8. The largest absolute Gasteiger partial charge is 0.544 e. The number of rotatable bonds is 4. The van der Waals surface area contributed by atoms with E-state index >= 15 is 0 Å². The molecule has 0 radical (unpaired) electrons. The molecule has 0 aromatic heterocycles. The molecule has 2 rings (SSSR count). The van der Waals surface area contributed by atoms with Gasteiger partial charge in [-0.3, -0.25) is 0 Å². The van der Waals surface area contributed by atoms with Crippen molar-refractivity contribution in [1.82, 2.24) is 0 Å². The number of hydrogen-bond donors (Lipinski definition) is 1. The van der Waals surface area contributed by atoms with Gasteiger partial charge in [-0.25, -0.2) is 0 Å². The molecule has 1 saturated heterocycles. The van der Waals surface area contributed by atoms with Crippen molar-refractivity contribution in [2.24, 2.45) is 0 Å². The Labute approximate surface area is 109 Å². The van der Waals surface area contributed by atoms with Crippen molar-refractivity contribution >= 4 is 17.7 Å². The number of thioether (sulfide) groups is 1. The SMILES string of the molecule is COc1ccc([C@H]2[NH2+][C@H](C(=O)[O-])CS2)c(OC)c1. The number of carboxylic acids is 1. The minimum absolute atomic E-state index is 0.0220. The van der Waals surface area contributed by atoms with E-state index < -0.39 is 12.0 Å². The molecular formula is C12H15NO4S. The molecule has 1 aliphatic heterocycles. The van der Waals surface area contributed by atoms with E-state index in [4.69, 9.17) is 9.47 Å². The van der Waals surface area contributed by atoms with Crippen LogP contribution in [0.4, 0.5) is 0 Å². The van der Waals surface area contributed by atoms with E-state index in [1.165, 1.54) is 0 Å². The van der Waals surface area contributed by atoms with Crippen molar-refractivity contribution in [3.05, 3.63) is 23.8 Å². The molecule has 98 valence electrons. The summed E-state index contributed by atoms with van der Waals surface area (Å²) in [6, 6.07) is 5.06. The third-order valence-corrected chi connectivity index (χ3v) is 4.23. The van der Waals surface area contributed by atoms with Crippen LogP contribution in [-0.2, 0) is 4.79 Å². The Morgan fingerprint density at radius 1 is 1.44 bits per heavy atom. The Balaban J connectivity index is 2.21. The van der Waals surface area contributed by atoms with Crippen molar-refractivity contribution in [3.63, 3.8) is 0 Å². The van der Waals surface area contributed by atoms with Gasteiger partial charge in [0.05, 0.1) is 25.5 Å². The van der Waals surface area contributed by atoms with E-state index in [9.17, 15) is 9.90 Å². The molecule has 0 spiro atoms. The number of aliphatic carboxylic acids is 1. The zero-order valence-electron chi connectivity index (χ0n) is 10.2. The van der Waals surface area contributed by atoms with Crippen LogP contribution in [0, 0.1) is 0 Å². The molecular weight excluding hydrogens is 254 g/mol. The Bertz CT molecular complexity index is 452. The quantitative estimate of drug-likeness (QED) is 0.769. The first-order chi connectivity index (χ1) is 8.65. The third kappa shape index (κ3) is 2.54. The van der Waals surface area contributed by atoms with Gasteiger partial charge in [0.25, 0.3) is 0 Å². The van der Waals surface area contributed by atoms with Crippen LogP contribution in [-0.4, -0.2) is 32.0 Å². The summed E-state index contributed by atoms with van der Waals surface area (Å²) in [6.45, 7) is 0. The minimum Gasteiger partial charge on any atom is -0.544 e. The highest BCUT2D eigenvalue weighted by atomic mass is 32.2. The number of quaternary nitrogens is 1. The van der Waals surface area contributed by atoms with Crippen LogP contribution in [0.3, 0.4) is 0 Å². The number of carboxylic acid groups (broad SMARTS) is 1. The third-order valence-electron chi connectivity index (χ3n) is 2.91. The van der Waals surface area contributed by atoms with Crippen LogP contribution in [0.5, 0.6) is 11.5 Å². The number of hydrogen-bond acceptors (Lipinski definition) is 5. The van der Waals surface area contributed by atoms with E-state index in [1.54, 1.807) is 37.4 Å². The van der Waals surface area contributed by atoms with E-state index in [1.807, 2.05) is 12.1 Å². The molecule has 1 aliphatic rings. The lowest BCUT2D eigenvalue weighted by Crippen LogP contribution is -2.90. The summed E-state index contributed by atoms with van der Waals surface area (Å²) in [7, 11) is 3.19. The fourth-order valence-corrected chi connectivity index (χ4v) is 3.26. The van der Waals surface area contributed by atoms with Gasteiger partial charge < -0.3 is 24.7 Å². The maximum Gasteiger partial charge on any atom is 0.163 e. The summed E-state index contributed by atoms with van der Waals surface area (Å²) in [5.41, 5.74) is 0.965. The normalized spacial score (nSPS) is 22.8. The summed E-state index contributed by atoms with van der Waals surface area (Å²) in [4.78, 5) is 10.8. The molecule has 18 heavy (non-hydrogen) atoms. The fourth-order valence-electron chi connectivity index (χ4n) is 1.92. The van der Waals surface area contributed by atoms with E-state index in [0.29, 0.717) is 11.5 Å². The Hall–Kier alpha value is -1.40. The van der Waals surface area contributed by atoms with Crippen molar-refractivity contribution in [2.45, 2.75) is 11.4 Å². The lowest BCUT2D eigenvalue weighted by atomic mass is 10.1. The molecule has 1 aromatic rings. The summed E-state index contributed by atoms with van der Waals surface area (Å²) in [5.74, 6) is 0.956. The molecule has 1 fully saturated rings. The second-order valence-corrected chi connectivity index (χ2v) is 5.15. The van der Waals surface area contributed by atoms with Crippen LogP contribution in [0.2, 0.25) is 0 Å². The minimum atomic E-state index is -1.02. The second kappa shape index (κ2) is 5.49. The molecule has 5 nitrogen and oxygen atoms in total. The van der Waals surface area contributed by atoms with Crippen LogP contribution >= 0.6 is 11.8 Å². The fraction of sp³-hybridized carbons (Fsp3) is 0.417. The van der Waals surface area contributed by atoms with Crippen LogP contribution in [0.15, 0.2) is 18.2 Å². The van der Waals surface area contributed by atoms with Gasteiger partial charge in [0.1, 0.15) is 23.5 Å². The predicted octanol–water partition coefficient (Wildman–Crippen LogP) is -0.869. The van der Waals surface area contributed by atoms with Gasteiger partial charge in [0.15, 0.2) is 5.37 Å². The van der Waals surface area contributed by atoms with Gasteiger partial charge >= 0.3 is 0 Å². The van der Waals surface area contributed by atoms with Crippen molar-refractivity contribution in [3.8, 4) is 11.5 Å². The Kier molecular flexibility index (Phi) is 3.98. The standard InChI is InChI=1S/C12H15NO4S/c1-16-7-3-4-8(10(5-7)17-2)11-13-9(6-18-11)12(14)15/h3-5,9,11,13H,6H2,1-2H3,(H,14,15)/t9-,11-/m0/s1. The number of methoxy groups -OCH3 is 2. The predicted molar refractivity (Wildman–Crippen MR) is 65.5 cm³/mol. The first-order valence-electron chi connectivity index (χ1n) is 5.55. The molecule has 0 aliphatic carbocycles. The number of carbonyl (C=O) groups is 1. The first kappa shape index (κ1) is 13.0. The Morgan fingerprint density at radius 2 is 2.22 bits per heavy atom. The number of nitrogens with two attached hydrogens (primary N) is 1. The van der Waals surface area contributed by atoms with Crippen LogP contribution in [0.1, 0.15) is 10.9 Å². The highest BCUT2D eigenvalue weighted by Gasteiger charge is 2.32.